The zero-order valence-corrected chi connectivity index (χ0v) is 16.8. The molecule has 0 amide bonds. The summed E-state index contributed by atoms with van der Waals surface area (Å²) in [5.41, 5.74) is -1.73. The standard InChI is InChI=1S/C17H30O7S/c1-12(18)21-11-14(23-25(6,19)20)17(5)10-13-16(4,24-17)9-7-8-15(2,3)22-13/h13-14H,7-11H2,1-6H3/t13-,14+,16+,17-/m1/s1. The third-order valence-corrected chi connectivity index (χ3v) is 5.64. The van der Waals surface area contributed by atoms with Crippen molar-refractivity contribution < 1.29 is 31.6 Å². The van der Waals surface area contributed by atoms with E-state index in [-0.39, 0.29) is 18.3 Å². The summed E-state index contributed by atoms with van der Waals surface area (Å²) in [6, 6.07) is 0. The summed E-state index contributed by atoms with van der Waals surface area (Å²) in [6.45, 7) is 8.98. The van der Waals surface area contributed by atoms with Crippen molar-refractivity contribution in [2.45, 2.75) is 89.3 Å². The number of hydrogen-bond donors (Lipinski definition) is 0. The minimum atomic E-state index is -3.74. The summed E-state index contributed by atoms with van der Waals surface area (Å²) in [5, 5.41) is 0. The third kappa shape index (κ3) is 5.15. The molecule has 8 heteroatoms. The second-order valence-electron chi connectivity index (χ2n) is 8.24. The third-order valence-electron chi connectivity index (χ3n) is 5.06. The van der Waals surface area contributed by atoms with Gasteiger partial charge in [-0.3, -0.25) is 8.98 Å². The first-order valence-electron chi connectivity index (χ1n) is 8.64. The van der Waals surface area contributed by atoms with E-state index in [1.54, 1.807) is 6.92 Å². The van der Waals surface area contributed by atoms with Crippen molar-refractivity contribution in [3.8, 4) is 0 Å². The molecular formula is C17H30O7S. The Morgan fingerprint density at radius 3 is 2.44 bits per heavy atom. The quantitative estimate of drug-likeness (QED) is 0.535. The Morgan fingerprint density at radius 2 is 1.88 bits per heavy atom. The van der Waals surface area contributed by atoms with Gasteiger partial charge in [0.15, 0.2) is 0 Å². The summed E-state index contributed by atoms with van der Waals surface area (Å²) < 4.78 is 46.3. The lowest BCUT2D eigenvalue weighted by atomic mass is 9.89. The molecule has 4 atom stereocenters. The lowest BCUT2D eigenvalue weighted by molar-refractivity contribution is -0.171. The number of fused-ring (bicyclic) bond motifs is 1. The predicted octanol–water partition coefficient (Wildman–Crippen LogP) is 2.18. The second kappa shape index (κ2) is 6.79. The maximum absolute atomic E-state index is 11.7. The van der Waals surface area contributed by atoms with Crippen LogP contribution < -0.4 is 0 Å². The second-order valence-corrected chi connectivity index (χ2v) is 9.84. The van der Waals surface area contributed by atoms with Crippen LogP contribution in [-0.4, -0.2) is 56.3 Å². The monoisotopic (exact) mass is 378 g/mol. The number of carbonyl (C=O) groups excluding carboxylic acids is 1. The molecule has 2 aliphatic heterocycles. The van der Waals surface area contributed by atoms with Gasteiger partial charge in [0.2, 0.25) is 0 Å². The van der Waals surface area contributed by atoms with E-state index < -0.39 is 33.4 Å². The molecule has 0 bridgehead atoms. The number of rotatable bonds is 5. The fourth-order valence-corrected chi connectivity index (χ4v) is 4.50. The summed E-state index contributed by atoms with van der Waals surface area (Å²) in [6.07, 6.45) is 3.04. The molecular weight excluding hydrogens is 348 g/mol. The van der Waals surface area contributed by atoms with Crippen LogP contribution in [0, 0.1) is 0 Å². The van der Waals surface area contributed by atoms with Crippen LogP contribution in [0.4, 0.5) is 0 Å². The van der Waals surface area contributed by atoms with Gasteiger partial charge in [-0.05, 0) is 47.0 Å². The van der Waals surface area contributed by atoms with E-state index in [4.69, 9.17) is 18.4 Å². The SMILES string of the molecule is CC(=O)OC[C@H](OS(C)(=O)=O)[C@@]1(C)C[C@H]2OC(C)(C)CCC[C@]2(C)O1. The lowest BCUT2D eigenvalue weighted by Gasteiger charge is -2.35. The normalized spacial score (nSPS) is 36.3. The highest BCUT2D eigenvalue weighted by Crippen LogP contribution is 2.48. The van der Waals surface area contributed by atoms with Gasteiger partial charge in [-0.2, -0.15) is 8.42 Å². The van der Waals surface area contributed by atoms with Crippen LogP contribution in [0.15, 0.2) is 0 Å². The van der Waals surface area contributed by atoms with Crippen LogP contribution in [0.1, 0.15) is 60.3 Å². The Bertz CT molecular complexity index is 614. The van der Waals surface area contributed by atoms with Crippen molar-refractivity contribution in [3.05, 3.63) is 0 Å². The number of carbonyl (C=O) groups is 1. The van der Waals surface area contributed by atoms with Crippen molar-refractivity contribution in [2.24, 2.45) is 0 Å². The highest BCUT2D eigenvalue weighted by Gasteiger charge is 2.58. The van der Waals surface area contributed by atoms with Gasteiger partial charge in [0.1, 0.15) is 12.7 Å². The molecule has 0 N–H and O–H groups in total. The highest BCUT2D eigenvalue weighted by atomic mass is 32.2. The van der Waals surface area contributed by atoms with E-state index in [2.05, 4.69) is 13.8 Å². The average Bonchev–Trinajstić information content (AvgIpc) is 2.58. The van der Waals surface area contributed by atoms with Crippen LogP contribution in [0.2, 0.25) is 0 Å². The number of esters is 1. The molecule has 2 fully saturated rings. The van der Waals surface area contributed by atoms with Gasteiger partial charge in [-0.1, -0.05) is 0 Å². The fourth-order valence-electron chi connectivity index (χ4n) is 3.82. The van der Waals surface area contributed by atoms with E-state index in [0.29, 0.717) is 6.42 Å². The van der Waals surface area contributed by atoms with Gasteiger partial charge in [0, 0.05) is 13.3 Å². The predicted molar refractivity (Wildman–Crippen MR) is 91.7 cm³/mol. The first-order valence-corrected chi connectivity index (χ1v) is 10.5. The number of hydrogen-bond acceptors (Lipinski definition) is 7. The van der Waals surface area contributed by atoms with Gasteiger partial charge in [-0.15, -0.1) is 0 Å². The average molecular weight is 378 g/mol. The van der Waals surface area contributed by atoms with Crippen molar-refractivity contribution in [1.29, 1.82) is 0 Å². The molecule has 7 nitrogen and oxygen atoms in total. The molecule has 2 aliphatic rings. The molecule has 0 aromatic heterocycles. The van der Waals surface area contributed by atoms with Crippen LogP contribution in [0.3, 0.4) is 0 Å². The minimum Gasteiger partial charge on any atom is -0.463 e. The van der Waals surface area contributed by atoms with Crippen molar-refractivity contribution in [3.63, 3.8) is 0 Å². The Balaban J connectivity index is 2.26. The molecule has 2 saturated heterocycles. The molecule has 0 radical (unpaired) electrons. The Kier molecular flexibility index (Phi) is 5.60. The largest absolute Gasteiger partial charge is 0.463 e. The Labute approximate surface area is 150 Å². The molecule has 0 saturated carbocycles. The molecule has 2 rings (SSSR count). The smallest absolute Gasteiger partial charge is 0.302 e. The first-order chi connectivity index (χ1) is 11.2. The van der Waals surface area contributed by atoms with Gasteiger partial charge in [-0.25, -0.2) is 0 Å². The topological polar surface area (TPSA) is 88.1 Å². The first kappa shape index (κ1) is 20.6. The van der Waals surface area contributed by atoms with Gasteiger partial charge in [0.25, 0.3) is 10.1 Å². The maximum Gasteiger partial charge on any atom is 0.302 e. The summed E-state index contributed by atoms with van der Waals surface area (Å²) in [7, 11) is -3.74. The van der Waals surface area contributed by atoms with E-state index in [9.17, 15) is 13.2 Å². The lowest BCUT2D eigenvalue weighted by Crippen LogP contribution is -2.47. The van der Waals surface area contributed by atoms with Crippen LogP contribution in [0.25, 0.3) is 0 Å². The molecule has 25 heavy (non-hydrogen) atoms. The zero-order valence-electron chi connectivity index (χ0n) is 16.0. The minimum absolute atomic E-state index is 0.182. The van der Waals surface area contributed by atoms with Gasteiger partial charge in [0.05, 0.1) is 29.2 Å². The molecule has 0 aliphatic carbocycles. The summed E-state index contributed by atoms with van der Waals surface area (Å²) in [4.78, 5) is 11.2. The van der Waals surface area contributed by atoms with E-state index in [0.717, 1.165) is 25.5 Å². The Hall–Kier alpha value is -0.700. The summed E-state index contributed by atoms with van der Waals surface area (Å²) >= 11 is 0. The van der Waals surface area contributed by atoms with Crippen molar-refractivity contribution in [1.82, 2.24) is 0 Å². The molecule has 0 unspecified atom stereocenters. The molecule has 0 spiro atoms. The van der Waals surface area contributed by atoms with Gasteiger partial charge < -0.3 is 14.2 Å². The number of ether oxygens (including phenoxy) is 3. The fraction of sp³-hybridized carbons (Fsp3) is 0.941. The molecule has 0 aromatic carbocycles. The molecule has 2 heterocycles. The molecule has 146 valence electrons. The van der Waals surface area contributed by atoms with Crippen molar-refractivity contribution >= 4 is 16.1 Å². The van der Waals surface area contributed by atoms with E-state index in [1.807, 2.05) is 6.92 Å². The van der Waals surface area contributed by atoms with Crippen LogP contribution in [0.5, 0.6) is 0 Å². The maximum atomic E-state index is 11.7. The molecule has 0 aromatic rings. The van der Waals surface area contributed by atoms with E-state index in [1.165, 1.54) is 6.92 Å². The highest BCUT2D eigenvalue weighted by molar-refractivity contribution is 7.86. The van der Waals surface area contributed by atoms with Gasteiger partial charge >= 0.3 is 5.97 Å². The zero-order chi connectivity index (χ0) is 19.1. The van der Waals surface area contributed by atoms with Crippen LogP contribution >= 0.6 is 0 Å². The summed E-state index contributed by atoms with van der Waals surface area (Å²) in [5.74, 6) is -0.499. The Morgan fingerprint density at radius 1 is 1.24 bits per heavy atom. The van der Waals surface area contributed by atoms with Crippen LogP contribution in [-0.2, 0) is 33.3 Å². The van der Waals surface area contributed by atoms with Crippen molar-refractivity contribution in [2.75, 3.05) is 12.9 Å². The van der Waals surface area contributed by atoms with E-state index >= 15 is 0 Å².